The summed E-state index contributed by atoms with van der Waals surface area (Å²) in [7, 11) is 0. The van der Waals surface area contributed by atoms with Crippen LogP contribution in [0.3, 0.4) is 0 Å². The van der Waals surface area contributed by atoms with Crippen molar-refractivity contribution in [2.75, 3.05) is 0 Å². The molecule has 0 radical (unpaired) electrons. The molecule has 70 valence electrons. The number of hydrogen-bond acceptors (Lipinski definition) is 1. The normalized spacial score (nSPS) is 10.3. The second-order valence-electron chi connectivity index (χ2n) is 2.89. The third kappa shape index (κ3) is 2.01. The predicted octanol–water partition coefficient (Wildman–Crippen LogP) is 0.320. The molecule has 2 aromatic rings. The predicted molar refractivity (Wildman–Crippen MR) is 61.4 cm³/mol. The Morgan fingerprint density at radius 2 is 1.79 bits per heavy atom. The van der Waals surface area contributed by atoms with Gasteiger partial charge in [0.15, 0.2) is 0 Å². The Bertz CT molecular complexity index is 514. The number of hydrogen-bond donors (Lipinski definition) is 0. The van der Waals surface area contributed by atoms with Gasteiger partial charge in [0.2, 0.25) is 0 Å². The monoisotopic (exact) mass is 406 g/mol. The van der Waals surface area contributed by atoms with Gasteiger partial charge in [0.1, 0.15) is 0 Å². The summed E-state index contributed by atoms with van der Waals surface area (Å²) < 4.78 is 1.43. The van der Waals surface area contributed by atoms with E-state index < -0.39 is 0 Å². The molecular formula is C11H6I2N-. The van der Waals surface area contributed by atoms with Gasteiger partial charge in [-0.3, -0.25) is 0 Å². The first-order valence-electron chi connectivity index (χ1n) is 4.03. The molecule has 0 spiro atoms. The number of halogens is 2. The number of benzene rings is 2. The summed E-state index contributed by atoms with van der Waals surface area (Å²) in [5, 5.41) is 11.1. The SMILES string of the molecule is N#Cc1ccc2cc([I-]I)ccc2c1. The molecule has 0 N–H and O–H groups in total. The molecule has 0 aliphatic carbocycles. The van der Waals surface area contributed by atoms with Gasteiger partial charge in [-0.05, 0) is 0 Å². The zero-order valence-corrected chi connectivity index (χ0v) is 11.5. The van der Waals surface area contributed by atoms with Crippen LogP contribution < -0.4 is 17.2 Å². The summed E-state index contributed by atoms with van der Waals surface area (Å²) in [5.41, 5.74) is 0.731. The Hall–Kier alpha value is -0.350. The molecule has 0 aromatic heterocycles. The topological polar surface area (TPSA) is 23.8 Å². The minimum atomic E-state index is 0.128. The van der Waals surface area contributed by atoms with E-state index in [9.17, 15) is 0 Å². The maximum atomic E-state index is 8.75. The fourth-order valence-corrected chi connectivity index (χ4v) is 3.80. The van der Waals surface area contributed by atoms with E-state index >= 15 is 0 Å². The second kappa shape index (κ2) is 4.45. The van der Waals surface area contributed by atoms with Crippen molar-refractivity contribution in [2.24, 2.45) is 0 Å². The van der Waals surface area contributed by atoms with Crippen LogP contribution in [-0.4, -0.2) is 0 Å². The fraction of sp³-hybridized carbons (Fsp3) is 0. The van der Waals surface area contributed by atoms with E-state index in [1.165, 1.54) is 8.96 Å². The molecular weight excluding hydrogens is 400 g/mol. The average Bonchev–Trinajstić information content (AvgIpc) is 2.27. The first-order chi connectivity index (χ1) is 6.83. The summed E-state index contributed by atoms with van der Waals surface area (Å²) >= 11 is 2.59. The maximum absolute atomic E-state index is 8.75. The molecule has 3 heteroatoms. The summed E-state index contributed by atoms with van der Waals surface area (Å²) in [5.74, 6) is 0. The molecule has 0 bridgehead atoms. The van der Waals surface area contributed by atoms with Crippen molar-refractivity contribution in [3.8, 4) is 6.07 Å². The molecule has 0 saturated heterocycles. The van der Waals surface area contributed by atoms with Gasteiger partial charge >= 0.3 is 103 Å². The zero-order valence-electron chi connectivity index (χ0n) is 7.17. The van der Waals surface area contributed by atoms with Crippen LogP contribution in [0.25, 0.3) is 10.8 Å². The molecule has 2 rings (SSSR count). The van der Waals surface area contributed by atoms with E-state index in [-0.39, 0.29) is 17.2 Å². The number of fused-ring (bicyclic) bond motifs is 1. The molecule has 2 aromatic carbocycles. The third-order valence-electron chi connectivity index (χ3n) is 2.01. The third-order valence-corrected chi connectivity index (χ3v) is 6.31. The fourth-order valence-electron chi connectivity index (χ4n) is 1.33. The van der Waals surface area contributed by atoms with Gasteiger partial charge < -0.3 is 0 Å². The van der Waals surface area contributed by atoms with Crippen LogP contribution in [0, 0.1) is 14.9 Å². The standard InChI is InChI=1S/C11H6I2N/c12-13-11-4-3-9-5-8(7-14)1-2-10(9)6-11/h1-6H/q-1. The van der Waals surface area contributed by atoms with E-state index in [1.807, 2.05) is 18.2 Å². The summed E-state index contributed by atoms with van der Waals surface area (Å²) in [6.45, 7) is 0. The zero-order chi connectivity index (χ0) is 9.97. The van der Waals surface area contributed by atoms with Crippen molar-refractivity contribution in [2.45, 2.75) is 0 Å². The van der Waals surface area contributed by atoms with Crippen LogP contribution in [0.1, 0.15) is 5.56 Å². The van der Waals surface area contributed by atoms with Crippen LogP contribution in [0.2, 0.25) is 0 Å². The molecule has 0 saturated carbocycles. The molecule has 0 fully saturated rings. The van der Waals surface area contributed by atoms with Gasteiger partial charge in [-0.1, -0.05) is 0 Å². The van der Waals surface area contributed by atoms with Crippen molar-refractivity contribution in [1.29, 1.82) is 5.26 Å². The van der Waals surface area contributed by atoms with Gasteiger partial charge in [-0.2, -0.15) is 0 Å². The van der Waals surface area contributed by atoms with Crippen LogP contribution >= 0.6 is 18.6 Å². The molecule has 0 aliphatic rings. The Kier molecular flexibility index (Phi) is 3.23. The molecule has 0 aliphatic heterocycles. The number of nitriles is 1. The van der Waals surface area contributed by atoms with Crippen LogP contribution in [-0.2, 0) is 0 Å². The first kappa shape index (κ1) is 10.2. The van der Waals surface area contributed by atoms with E-state index in [1.54, 1.807) is 0 Å². The van der Waals surface area contributed by atoms with Crippen molar-refractivity contribution in [3.05, 3.63) is 45.5 Å². The first-order valence-corrected chi connectivity index (χ1v) is 11.4. The second-order valence-corrected chi connectivity index (χ2v) is 7.28. The van der Waals surface area contributed by atoms with E-state index in [0.717, 1.165) is 10.9 Å². The van der Waals surface area contributed by atoms with Crippen LogP contribution in [0.4, 0.5) is 0 Å². The van der Waals surface area contributed by atoms with Crippen molar-refractivity contribution < 1.29 is 17.2 Å². The average molecular weight is 406 g/mol. The molecule has 0 unspecified atom stereocenters. The molecule has 0 amide bonds. The Morgan fingerprint density at radius 3 is 2.50 bits per heavy atom. The molecule has 14 heavy (non-hydrogen) atoms. The Labute approximate surface area is 103 Å². The van der Waals surface area contributed by atoms with Gasteiger partial charge in [0.25, 0.3) is 0 Å². The van der Waals surface area contributed by atoms with Gasteiger partial charge in [-0.15, -0.1) is 0 Å². The quantitative estimate of drug-likeness (QED) is 0.627. The molecule has 1 nitrogen and oxygen atoms in total. The minimum absolute atomic E-state index is 0.128. The Balaban J connectivity index is 2.64. The molecule has 0 heterocycles. The summed E-state index contributed by atoms with van der Waals surface area (Å²) in [6, 6.07) is 14.5. The van der Waals surface area contributed by atoms with E-state index in [2.05, 4.69) is 42.9 Å². The van der Waals surface area contributed by atoms with Gasteiger partial charge in [-0.25, -0.2) is 0 Å². The number of rotatable bonds is 1. The summed E-state index contributed by atoms with van der Waals surface area (Å²) in [6.07, 6.45) is 0. The van der Waals surface area contributed by atoms with E-state index in [4.69, 9.17) is 5.26 Å². The molecule has 0 atom stereocenters. The van der Waals surface area contributed by atoms with E-state index in [0.29, 0.717) is 0 Å². The van der Waals surface area contributed by atoms with Gasteiger partial charge in [0, 0.05) is 0 Å². The Morgan fingerprint density at radius 1 is 1.07 bits per heavy atom. The number of nitrogens with zero attached hydrogens (tertiary/aromatic N) is 1. The summed E-state index contributed by atoms with van der Waals surface area (Å²) in [4.78, 5) is 0. The van der Waals surface area contributed by atoms with Crippen molar-refractivity contribution >= 4 is 29.4 Å². The van der Waals surface area contributed by atoms with Crippen molar-refractivity contribution in [3.63, 3.8) is 0 Å². The van der Waals surface area contributed by atoms with Crippen LogP contribution in [0.15, 0.2) is 36.4 Å². The van der Waals surface area contributed by atoms with Crippen molar-refractivity contribution in [1.82, 2.24) is 0 Å². The van der Waals surface area contributed by atoms with Crippen LogP contribution in [0.5, 0.6) is 0 Å². The van der Waals surface area contributed by atoms with Gasteiger partial charge in [0.05, 0.1) is 0 Å².